The molecule has 0 aliphatic heterocycles. The highest BCUT2D eigenvalue weighted by Gasteiger charge is 2.08. The van der Waals surface area contributed by atoms with Crippen molar-refractivity contribution in [1.82, 2.24) is 5.32 Å². The molecule has 0 fully saturated rings. The number of rotatable bonds is 9. The third-order valence-corrected chi connectivity index (χ3v) is 3.78. The zero-order chi connectivity index (χ0) is 18.1. The van der Waals surface area contributed by atoms with E-state index in [2.05, 4.69) is 10.6 Å². The van der Waals surface area contributed by atoms with Crippen LogP contribution in [0.25, 0.3) is 0 Å². The van der Waals surface area contributed by atoms with Gasteiger partial charge in [0.2, 0.25) is 0 Å². The number of carbonyl (C=O) groups is 1. The summed E-state index contributed by atoms with van der Waals surface area (Å²) < 4.78 is 5.65. The van der Waals surface area contributed by atoms with Gasteiger partial charge in [-0.15, -0.1) is 12.4 Å². The number of aryl methyl sites for hydroxylation is 1. The fourth-order valence-electron chi connectivity index (χ4n) is 2.23. The summed E-state index contributed by atoms with van der Waals surface area (Å²) in [4.78, 5) is 12.0. The Kier molecular flexibility index (Phi) is 10.1. The minimum Gasteiger partial charge on any atom is -0.483 e. The molecule has 142 valence electrons. The molecule has 2 rings (SSSR count). The van der Waals surface area contributed by atoms with Crippen molar-refractivity contribution in [1.29, 1.82) is 0 Å². The van der Waals surface area contributed by atoms with E-state index in [1.54, 1.807) is 18.2 Å². The maximum absolute atomic E-state index is 12.0. The smallest absolute Gasteiger partial charge is 0.262 e. The number of nitrogens with one attached hydrogen (secondary N) is 2. The second-order valence-electron chi connectivity index (χ2n) is 5.71. The van der Waals surface area contributed by atoms with Gasteiger partial charge in [-0.3, -0.25) is 4.79 Å². The Morgan fingerprint density at radius 3 is 2.62 bits per heavy atom. The van der Waals surface area contributed by atoms with Gasteiger partial charge in [-0.2, -0.15) is 0 Å². The van der Waals surface area contributed by atoms with Crippen LogP contribution in [0.2, 0.25) is 5.02 Å². The first-order valence-corrected chi connectivity index (χ1v) is 8.55. The molecule has 0 aliphatic rings. The van der Waals surface area contributed by atoms with Crippen molar-refractivity contribution in [3.63, 3.8) is 0 Å². The maximum Gasteiger partial charge on any atom is 0.262 e. The molecule has 26 heavy (non-hydrogen) atoms. The lowest BCUT2D eigenvalue weighted by atomic mass is 10.2. The number of aliphatic hydroxyl groups is 1. The van der Waals surface area contributed by atoms with Gasteiger partial charge < -0.3 is 20.5 Å². The highest BCUT2D eigenvalue weighted by Crippen LogP contribution is 2.23. The van der Waals surface area contributed by atoms with Crippen LogP contribution in [0.1, 0.15) is 17.5 Å². The third-order valence-electron chi connectivity index (χ3n) is 3.54. The summed E-state index contributed by atoms with van der Waals surface area (Å²) in [6.45, 7) is 3.29. The van der Waals surface area contributed by atoms with Gasteiger partial charge in [-0.05, 0) is 50.2 Å². The predicted octanol–water partition coefficient (Wildman–Crippen LogP) is 3.56. The molecule has 0 bridgehead atoms. The quantitative estimate of drug-likeness (QED) is 0.564. The minimum atomic E-state index is -0.224. The molecule has 1 amide bonds. The molecule has 0 aromatic heterocycles. The molecule has 2 aromatic rings. The van der Waals surface area contributed by atoms with E-state index >= 15 is 0 Å². The highest BCUT2D eigenvalue weighted by atomic mass is 35.5. The fourth-order valence-corrected chi connectivity index (χ4v) is 2.43. The highest BCUT2D eigenvalue weighted by molar-refractivity contribution is 6.30. The number of halogens is 2. The zero-order valence-corrected chi connectivity index (χ0v) is 16.2. The molecule has 0 radical (unpaired) electrons. The average molecular weight is 399 g/mol. The predicted molar refractivity (Wildman–Crippen MR) is 107 cm³/mol. The lowest BCUT2D eigenvalue weighted by Crippen LogP contribution is -2.21. The first-order chi connectivity index (χ1) is 12.1. The van der Waals surface area contributed by atoms with Crippen LogP contribution in [0.4, 0.5) is 5.69 Å². The Morgan fingerprint density at radius 2 is 1.92 bits per heavy atom. The normalized spacial score (nSPS) is 10.1. The van der Waals surface area contributed by atoms with E-state index in [1.807, 2.05) is 31.2 Å². The summed E-state index contributed by atoms with van der Waals surface area (Å²) in [5.74, 6) is 0.387. The number of amides is 1. The molecule has 2 aromatic carbocycles. The van der Waals surface area contributed by atoms with Crippen molar-refractivity contribution in [2.24, 2.45) is 0 Å². The maximum atomic E-state index is 12.0. The van der Waals surface area contributed by atoms with Crippen molar-refractivity contribution in [2.75, 3.05) is 25.1 Å². The van der Waals surface area contributed by atoms with E-state index in [4.69, 9.17) is 21.4 Å². The number of aliphatic hydroxyl groups excluding tert-OH is 1. The Bertz CT molecular complexity index is 694. The molecule has 0 unspecified atom stereocenters. The summed E-state index contributed by atoms with van der Waals surface area (Å²) in [5.41, 5.74) is 2.74. The van der Waals surface area contributed by atoms with Crippen LogP contribution < -0.4 is 15.4 Å². The van der Waals surface area contributed by atoms with Crippen molar-refractivity contribution in [3.05, 3.63) is 58.6 Å². The molecule has 0 spiro atoms. The Balaban J connectivity index is 0.00000338. The van der Waals surface area contributed by atoms with Crippen LogP contribution in [0.3, 0.4) is 0 Å². The van der Waals surface area contributed by atoms with Crippen molar-refractivity contribution < 1.29 is 14.6 Å². The van der Waals surface area contributed by atoms with Crippen molar-refractivity contribution in [2.45, 2.75) is 19.9 Å². The number of carbonyl (C=O) groups excluding carboxylic acids is 1. The fraction of sp³-hybridized carbons (Fsp3) is 0.316. The van der Waals surface area contributed by atoms with E-state index in [0.29, 0.717) is 30.3 Å². The minimum absolute atomic E-state index is 0. The van der Waals surface area contributed by atoms with Crippen LogP contribution in [-0.4, -0.2) is 30.8 Å². The number of anilines is 1. The molecule has 0 saturated carbocycles. The molecule has 5 nitrogen and oxygen atoms in total. The van der Waals surface area contributed by atoms with Crippen LogP contribution >= 0.6 is 24.0 Å². The SMILES string of the molecule is Cc1ccc(NC(=O)COc2ccc(Cl)cc2CNCCCO)cc1.Cl. The molecular weight excluding hydrogens is 375 g/mol. The van der Waals surface area contributed by atoms with Gasteiger partial charge in [0.05, 0.1) is 0 Å². The first-order valence-electron chi connectivity index (χ1n) is 8.18. The summed E-state index contributed by atoms with van der Waals surface area (Å²) in [5, 5.41) is 15.4. The summed E-state index contributed by atoms with van der Waals surface area (Å²) in [7, 11) is 0. The molecular formula is C19H24Cl2N2O3. The standard InChI is InChI=1S/C19H23ClN2O3.ClH/c1-14-3-6-17(7-4-14)22-19(24)13-25-18-8-5-16(20)11-15(18)12-21-9-2-10-23;/h3-8,11,21,23H,2,9-10,12-13H2,1H3,(H,22,24);1H. The number of benzene rings is 2. The van der Waals surface area contributed by atoms with Crippen molar-refractivity contribution >= 4 is 35.6 Å². The van der Waals surface area contributed by atoms with Crippen LogP contribution in [-0.2, 0) is 11.3 Å². The van der Waals surface area contributed by atoms with E-state index in [9.17, 15) is 4.79 Å². The Labute approximate surface area is 165 Å². The molecule has 7 heteroatoms. The monoisotopic (exact) mass is 398 g/mol. The van der Waals surface area contributed by atoms with Gasteiger partial charge in [0, 0.05) is 29.4 Å². The van der Waals surface area contributed by atoms with E-state index < -0.39 is 0 Å². The van der Waals surface area contributed by atoms with Crippen LogP contribution in [0.15, 0.2) is 42.5 Å². The number of hydrogen-bond donors (Lipinski definition) is 3. The lowest BCUT2D eigenvalue weighted by Gasteiger charge is -2.13. The number of hydrogen-bond acceptors (Lipinski definition) is 4. The van der Waals surface area contributed by atoms with Gasteiger partial charge in [0.15, 0.2) is 6.61 Å². The van der Waals surface area contributed by atoms with Gasteiger partial charge in [0.25, 0.3) is 5.91 Å². The van der Waals surface area contributed by atoms with Crippen molar-refractivity contribution in [3.8, 4) is 5.75 Å². The molecule has 0 saturated heterocycles. The first kappa shape index (κ1) is 22.3. The van der Waals surface area contributed by atoms with E-state index in [1.165, 1.54) is 0 Å². The van der Waals surface area contributed by atoms with E-state index in [-0.39, 0.29) is 31.5 Å². The van der Waals surface area contributed by atoms with Gasteiger partial charge >= 0.3 is 0 Å². The summed E-state index contributed by atoms with van der Waals surface area (Å²) >= 11 is 6.04. The van der Waals surface area contributed by atoms with Crippen LogP contribution in [0, 0.1) is 6.92 Å². The summed E-state index contributed by atoms with van der Waals surface area (Å²) in [6.07, 6.45) is 0.676. The third kappa shape index (κ3) is 7.62. The topological polar surface area (TPSA) is 70.6 Å². The largest absolute Gasteiger partial charge is 0.483 e. The second kappa shape index (κ2) is 11.8. The zero-order valence-electron chi connectivity index (χ0n) is 14.6. The Morgan fingerprint density at radius 1 is 1.19 bits per heavy atom. The summed E-state index contributed by atoms with van der Waals surface area (Å²) in [6, 6.07) is 12.9. The van der Waals surface area contributed by atoms with E-state index in [0.717, 1.165) is 16.8 Å². The van der Waals surface area contributed by atoms with Gasteiger partial charge in [-0.25, -0.2) is 0 Å². The molecule has 0 atom stereocenters. The molecule has 3 N–H and O–H groups in total. The van der Waals surface area contributed by atoms with Crippen LogP contribution in [0.5, 0.6) is 5.75 Å². The van der Waals surface area contributed by atoms with Gasteiger partial charge in [-0.1, -0.05) is 29.3 Å². The molecule has 0 heterocycles. The lowest BCUT2D eigenvalue weighted by molar-refractivity contribution is -0.118. The molecule has 0 aliphatic carbocycles. The Hall–Kier alpha value is -1.79. The average Bonchev–Trinajstić information content (AvgIpc) is 2.60. The number of ether oxygens (including phenoxy) is 1. The second-order valence-corrected chi connectivity index (χ2v) is 6.15. The van der Waals surface area contributed by atoms with Gasteiger partial charge in [0.1, 0.15) is 5.75 Å².